The Morgan fingerprint density at radius 1 is 0.846 bits per heavy atom. The van der Waals surface area contributed by atoms with Crippen molar-refractivity contribution in [1.29, 1.82) is 0 Å². The fraction of sp³-hybridized carbons (Fsp3) is 1.00. The van der Waals surface area contributed by atoms with Gasteiger partial charge in [0.1, 0.15) is 0 Å². The summed E-state index contributed by atoms with van der Waals surface area (Å²) < 4.78 is 0. The molecule has 0 atom stereocenters. The van der Waals surface area contributed by atoms with Gasteiger partial charge in [0.15, 0.2) is 0 Å². The van der Waals surface area contributed by atoms with Gasteiger partial charge in [-0.2, -0.15) is 0 Å². The Morgan fingerprint density at radius 2 is 1.23 bits per heavy atom. The van der Waals surface area contributed by atoms with Gasteiger partial charge in [0.25, 0.3) is 0 Å². The van der Waals surface area contributed by atoms with E-state index in [4.69, 9.17) is 5.73 Å². The molecule has 0 aliphatic carbocycles. The van der Waals surface area contributed by atoms with E-state index in [1.165, 1.54) is 51.4 Å². The Labute approximate surface area is 94.2 Å². The van der Waals surface area contributed by atoms with E-state index in [0.29, 0.717) is 6.04 Å². The molecular formula is C11H26BrN. The fourth-order valence-corrected chi connectivity index (χ4v) is 1.46. The second kappa shape index (κ2) is 12.4. The molecule has 0 aliphatic heterocycles. The van der Waals surface area contributed by atoms with Crippen molar-refractivity contribution in [1.82, 2.24) is 0 Å². The molecule has 13 heavy (non-hydrogen) atoms. The van der Waals surface area contributed by atoms with E-state index < -0.39 is 0 Å². The van der Waals surface area contributed by atoms with Crippen LogP contribution in [-0.2, 0) is 0 Å². The Kier molecular flexibility index (Phi) is 15.2. The molecule has 1 nitrogen and oxygen atoms in total. The van der Waals surface area contributed by atoms with E-state index in [1.807, 2.05) is 0 Å². The average Bonchev–Trinajstić information content (AvgIpc) is 2.06. The maximum absolute atomic E-state index is 5.96. The third kappa shape index (κ3) is 12.4. The molecule has 0 saturated heterocycles. The maximum atomic E-state index is 5.96. The number of unbranched alkanes of at least 4 members (excludes halogenated alkanes) is 4. The molecular weight excluding hydrogens is 226 g/mol. The first-order valence-corrected chi connectivity index (χ1v) is 5.56. The Morgan fingerprint density at radius 3 is 1.54 bits per heavy atom. The molecule has 0 spiro atoms. The van der Waals surface area contributed by atoms with Crippen LogP contribution in [-0.4, -0.2) is 6.04 Å². The molecule has 0 rings (SSSR count). The van der Waals surface area contributed by atoms with Crippen molar-refractivity contribution in [3.8, 4) is 0 Å². The van der Waals surface area contributed by atoms with E-state index in [-0.39, 0.29) is 17.0 Å². The number of hydrogen-bond acceptors (Lipinski definition) is 1. The summed E-state index contributed by atoms with van der Waals surface area (Å²) in [6.07, 6.45) is 10.4. The SMILES string of the molecule is Br.CCCCCC(N)CCCCC. The van der Waals surface area contributed by atoms with Crippen molar-refractivity contribution in [3.63, 3.8) is 0 Å². The van der Waals surface area contributed by atoms with Crippen LogP contribution in [0.2, 0.25) is 0 Å². The molecule has 0 aliphatic rings. The number of nitrogens with two attached hydrogens (primary N) is 1. The molecule has 82 valence electrons. The zero-order valence-corrected chi connectivity index (χ0v) is 10.9. The summed E-state index contributed by atoms with van der Waals surface area (Å²) in [6.45, 7) is 4.48. The minimum Gasteiger partial charge on any atom is -0.328 e. The molecule has 0 amide bonds. The summed E-state index contributed by atoms with van der Waals surface area (Å²) in [7, 11) is 0. The standard InChI is InChI=1S/C11H25N.BrH/c1-3-5-7-9-11(12)10-8-6-4-2;/h11H,3-10,12H2,1-2H3;1H. The lowest BCUT2D eigenvalue weighted by Crippen LogP contribution is -2.19. The van der Waals surface area contributed by atoms with E-state index in [2.05, 4.69) is 13.8 Å². The van der Waals surface area contributed by atoms with Crippen LogP contribution in [0.3, 0.4) is 0 Å². The first-order valence-electron chi connectivity index (χ1n) is 5.56. The predicted molar refractivity (Wildman–Crippen MR) is 66.6 cm³/mol. The van der Waals surface area contributed by atoms with Gasteiger partial charge >= 0.3 is 0 Å². The van der Waals surface area contributed by atoms with Gasteiger partial charge in [-0.3, -0.25) is 0 Å². The van der Waals surface area contributed by atoms with Crippen LogP contribution in [0.4, 0.5) is 0 Å². The van der Waals surface area contributed by atoms with Crippen LogP contribution in [0, 0.1) is 0 Å². The third-order valence-electron chi connectivity index (χ3n) is 2.36. The molecule has 2 N–H and O–H groups in total. The van der Waals surface area contributed by atoms with Gasteiger partial charge < -0.3 is 5.73 Å². The van der Waals surface area contributed by atoms with Crippen molar-refractivity contribution in [2.24, 2.45) is 5.73 Å². The van der Waals surface area contributed by atoms with Crippen LogP contribution >= 0.6 is 17.0 Å². The molecule has 0 fully saturated rings. The topological polar surface area (TPSA) is 26.0 Å². The van der Waals surface area contributed by atoms with Crippen LogP contribution in [0.1, 0.15) is 65.2 Å². The van der Waals surface area contributed by atoms with Gasteiger partial charge in [-0.05, 0) is 12.8 Å². The lowest BCUT2D eigenvalue weighted by atomic mass is 10.0. The van der Waals surface area contributed by atoms with Crippen molar-refractivity contribution in [2.45, 2.75) is 71.3 Å². The second-order valence-electron chi connectivity index (χ2n) is 3.75. The quantitative estimate of drug-likeness (QED) is 0.648. The molecule has 0 aromatic carbocycles. The van der Waals surface area contributed by atoms with Gasteiger partial charge in [0.2, 0.25) is 0 Å². The summed E-state index contributed by atoms with van der Waals surface area (Å²) in [4.78, 5) is 0. The highest BCUT2D eigenvalue weighted by atomic mass is 79.9. The van der Waals surface area contributed by atoms with E-state index >= 15 is 0 Å². The number of halogens is 1. The monoisotopic (exact) mass is 251 g/mol. The minimum atomic E-state index is 0. The average molecular weight is 252 g/mol. The number of hydrogen-bond donors (Lipinski definition) is 1. The van der Waals surface area contributed by atoms with Gasteiger partial charge in [0, 0.05) is 6.04 Å². The van der Waals surface area contributed by atoms with Crippen molar-refractivity contribution < 1.29 is 0 Å². The molecule has 0 bridgehead atoms. The summed E-state index contributed by atoms with van der Waals surface area (Å²) in [5.74, 6) is 0. The lowest BCUT2D eigenvalue weighted by Gasteiger charge is -2.09. The number of rotatable bonds is 8. The van der Waals surface area contributed by atoms with Crippen LogP contribution in [0.25, 0.3) is 0 Å². The highest BCUT2D eigenvalue weighted by molar-refractivity contribution is 8.93. The van der Waals surface area contributed by atoms with Gasteiger partial charge in [-0.1, -0.05) is 52.4 Å². The second-order valence-corrected chi connectivity index (χ2v) is 3.75. The minimum absolute atomic E-state index is 0. The molecule has 0 heterocycles. The first-order chi connectivity index (χ1) is 5.81. The van der Waals surface area contributed by atoms with Crippen LogP contribution in [0.15, 0.2) is 0 Å². The summed E-state index contributed by atoms with van der Waals surface area (Å²) >= 11 is 0. The largest absolute Gasteiger partial charge is 0.328 e. The molecule has 0 radical (unpaired) electrons. The summed E-state index contributed by atoms with van der Waals surface area (Å²) in [5, 5.41) is 0. The molecule has 0 aromatic heterocycles. The first kappa shape index (κ1) is 15.9. The van der Waals surface area contributed by atoms with Crippen LogP contribution in [0.5, 0.6) is 0 Å². The van der Waals surface area contributed by atoms with E-state index in [1.54, 1.807) is 0 Å². The smallest absolute Gasteiger partial charge is 0.00388 e. The normalized spacial score (nSPS) is 10.2. The maximum Gasteiger partial charge on any atom is 0.00388 e. The zero-order chi connectivity index (χ0) is 9.23. The molecule has 0 saturated carbocycles. The Bertz CT molecular complexity index is 76.2. The van der Waals surface area contributed by atoms with Crippen molar-refractivity contribution >= 4 is 17.0 Å². The zero-order valence-electron chi connectivity index (χ0n) is 9.22. The highest BCUT2D eigenvalue weighted by Crippen LogP contribution is 2.08. The van der Waals surface area contributed by atoms with Crippen LogP contribution < -0.4 is 5.73 Å². The van der Waals surface area contributed by atoms with Gasteiger partial charge in [-0.15, -0.1) is 17.0 Å². The molecule has 0 aromatic rings. The van der Waals surface area contributed by atoms with E-state index in [0.717, 1.165) is 0 Å². The van der Waals surface area contributed by atoms with Crippen molar-refractivity contribution in [2.75, 3.05) is 0 Å². The van der Waals surface area contributed by atoms with Gasteiger partial charge in [0.05, 0.1) is 0 Å². The Hall–Kier alpha value is 0.440. The van der Waals surface area contributed by atoms with Crippen molar-refractivity contribution in [3.05, 3.63) is 0 Å². The molecule has 0 unspecified atom stereocenters. The Balaban J connectivity index is 0. The summed E-state index contributed by atoms with van der Waals surface area (Å²) in [5.41, 5.74) is 5.96. The van der Waals surface area contributed by atoms with E-state index in [9.17, 15) is 0 Å². The highest BCUT2D eigenvalue weighted by Gasteiger charge is 2.00. The lowest BCUT2D eigenvalue weighted by molar-refractivity contribution is 0.502. The third-order valence-corrected chi connectivity index (χ3v) is 2.36. The summed E-state index contributed by atoms with van der Waals surface area (Å²) in [6, 6.07) is 0.475. The predicted octanol–water partition coefficient (Wildman–Crippen LogP) is 4.05. The fourth-order valence-electron chi connectivity index (χ4n) is 1.46. The van der Waals surface area contributed by atoms with Gasteiger partial charge in [-0.25, -0.2) is 0 Å². The molecule has 2 heteroatoms.